The summed E-state index contributed by atoms with van der Waals surface area (Å²) in [5.74, 6) is -1.92. The molecular weight excluding hydrogens is 242 g/mol. The summed E-state index contributed by atoms with van der Waals surface area (Å²) >= 11 is 5.99. The standard InChI is InChI=1S/C12H14ClNO3/c1-7-4-3-5-9(10(7)13)11(15)14-6-8(2)12(16)17/h3-5,8H,6H2,1-2H3,(H,14,15)(H,16,17). The summed E-state index contributed by atoms with van der Waals surface area (Å²) in [5.41, 5.74) is 1.18. The maximum absolute atomic E-state index is 11.8. The first-order valence-corrected chi connectivity index (χ1v) is 5.57. The number of nitrogens with one attached hydrogen (secondary N) is 1. The Kier molecular flexibility index (Phi) is 4.52. The molecule has 1 atom stereocenters. The van der Waals surface area contributed by atoms with Gasteiger partial charge in [-0.15, -0.1) is 0 Å². The summed E-state index contributed by atoms with van der Waals surface area (Å²) in [5, 5.41) is 11.6. The minimum absolute atomic E-state index is 0.0818. The molecule has 1 rings (SSSR count). The molecule has 1 amide bonds. The Balaban J connectivity index is 2.71. The van der Waals surface area contributed by atoms with Crippen LogP contribution in [0, 0.1) is 12.8 Å². The van der Waals surface area contributed by atoms with Gasteiger partial charge in [0.2, 0.25) is 0 Å². The van der Waals surface area contributed by atoms with Crippen LogP contribution in [0.1, 0.15) is 22.8 Å². The van der Waals surface area contributed by atoms with E-state index in [1.54, 1.807) is 25.1 Å². The lowest BCUT2D eigenvalue weighted by Crippen LogP contribution is -2.31. The molecule has 1 unspecified atom stereocenters. The van der Waals surface area contributed by atoms with Crippen molar-refractivity contribution in [2.45, 2.75) is 13.8 Å². The van der Waals surface area contributed by atoms with E-state index < -0.39 is 11.9 Å². The molecule has 0 bridgehead atoms. The van der Waals surface area contributed by atoms with E-state index in [0.717, 1.165) is 5.56 Å². The molecule has 4 nitrogen and oxygen atoms in total. The third kappa shape index (κ3) is 3.46. The molecule has 17 heavy (non-hydrogen) atoms. The highest BCUT2D eigenvalue weighted by Crippen LogP contribution is 2.19. The SMILES string of the molecule is Cc1cccc(C(=O)NCC(C)C(=O)O)c1Cl. The van der Waals surface area contributed by atoms with Crippen LogP contribution in [0.4, 0.5) is 0 Å². The van der Waals surface area contributed by atoms with Gasteiger partial charge in [0.25, 0.3) is 5.91 Å². The fraction of sp³-hybridized carbons (Fsp3) is 0.333. The van der Waals surface area contributed by atoms with Crippen molar-refractivity contribution in [1.29, 1.82) is 0 Å². The van der Waals surface area contributed by atoms with Crippen molar-refractivity contribution in [3.05, 3.63) is 34.3 Å². The molecule has 92 valence electrons. The summed E-state index contributed by atoms with van der Waals surface area (Å²) in [6.45, 7) is 3.41. The first kappa shape index (κ1) is 13.5. The topological polar surface area (TPSA) is 66.4 Å². The third-order valence-electron chi connectivity index (χ3n) is 2.43. The van der Waals surface area contributed by atoms with Crippen LogP contribution in [0.2, 0.25) is 5.02 Å². The van der Waals surface area contributed by atoms with E-state index in [0.29, 0.717) is 10.6 Å². The second-order valence-electron chi connectivity index (χ2n) is 3.89. The van der Waals surface area contributed by atoms with Gasteiger partial charge in [-0.05, 0) is 18.6 Å². The van der Waals surface area contributed by atoms with E-state index in [4.69, 9.17) is 16.7 Å². The van der Waals surface area contributed by atoms with Crippen LogP contribution < -0.4 is 5.32 Å². The Morgan fingerprint density at radius 2 is 2.12 bits per heavy atom. The Bertz CT molecular complexity index is 445. The number of carbonyl (C=O) groups is 2. The number of carboxylic acids is 1. The number of hydrogen-bond donors (Lipinski definition) is 2. The highest BCUT2D eigenvalue weighted by Gasteiger charge is 2.15. The molecule has 0 aliphatic rings. The number of carboxylic acid groups (broad SMARTS) is 1. The predicted molar refractivity (Wildman–Crippen MR) is 65.3 cm³/mol. The monoisotopic (exact) mass is 255 g/mol. The zero-order valence-electron chi connectivity index (χ0n) is 9.66. The lowest BCUT2D eigenvalue weighted by molar-refractivity contribution is -0.140. The van der Waals surface area contributed by atoms with Gasteiger partial charge in [0, 0.05) is 6.54 Å². The van der Waals surface area contributed by atoms with E-state index in [1.807, 2.05) is 0 Å². The summed E-state index contributed by atoms with van der Waals surface area (Å²) in [4.78, 5) is 22.3. The van der Waals surface area contributed by atoms with Crippen molar-refractivity contribution in [3.8, 4) is 0 Å². The maximum Gasteiger partial charge on any atom is 0.308 e. The van der Waals surface area contributed by atoms with Crippen LogP contribution >= 0.6 is 11.6 Å². The van der Waals surface area contributed by atoms with Gasteiger partial charge in [0.05, 0.1) is 16.5 Å². The van der Waals surface area contributed by atoms with E-state index in [9.17, 15) is 9.59 Å². The number of aryl methyl sites for hydroxylation is 1. The molecule has 1 aromatic rings. The number of amides is 1. The van der Waals surface area contributed by atoms with Crippen LogP contribution in [0.3, 0.4) is 0 Å². The number of rotatable bonds is 4. The zero-order chi connectivity index (χ0) is 13.0. The average Bonchev–Trinajstić information content (AvgIpc) is 2.29. The van der Waals surface area contributed by atoms with Gasteiger partial charge in [0.1, 0.15) is 0 Å². The van der Waals surface area contributed by atoms with Crippen LogP contribution in [0.25, 0.3) is 0 Å². The number of halogens is 1. The van der Waals surface area contributed by atoms with E-state index in [2.05, 4.69) is 5.32 Å². The molecule has 0 heterocycles. The van der Waals surface area contributed by atoms with Gasteiger partial charge in [-0.25, -0.2) is 0 Å². The number of hydrogen-bond acceptors (Lipinski definition) is 2. The minimum atomic E-state index is -0.944. The Labute approximate surface area is 105 Å². The van der Waals surface area contributed by atoms with Crippen molar-refractivity contribution in [2.24, 2.45) is 5.92 Å². The molecule has 0 fully saturated rings. The Morgan fingerprint density at radius 3 is 2.71 bits per heavy atom. The van der Waals surface area contributed by atoms with Gasteiger partial charge >= 0.3 is 5.97 Å². The Morgan fingerprint density at radius 1 is 1.47 bits per heavy atom. The largest absolute Gasteiger partial charge is 0.481 e. The van der Waals surface area contributed by atoms with Crippen molar-refractivity contribution in [2.75, 3.05) is 6.54 Å². The van der Waals surface area contributed by atoms with Gasteiger partial charge < -0.3 is 10.4 Å². The first-order chi connectivity index (χ1) is 7.93. The smallest absolute Gasteiger partial charge is 0.308 e. The first-order valence-electron chi connectivity index (χ1n) is 5.19. The summed E-state index contributed by atoms with van der Waals surface area (Å²) in [6.07, 6.45) is 0. The average molecular weight is 256 g/mol. The molecule has 5 heteroatoms. The van der Waals surface area contributed by atoms with Gasteiger partial charge in [-0.2, -0.15) is 0 Å². The van der Waals surface area contributed by atoms with Crippen LogP contribution in [-0.4, -0.2) is 23.5 Å². The third-order valence-corrected chi connectivity index (χ3v) is 2.93. The van der Waals surface area contributed by atoms with Crippen molar-refractivity contribution < 1.29 is 14.7 Å². The Hall–Kier alpha value is -1.55. The van der Waals surface area contributed by atoms with Gasteiger partial charge in [-0.1, -0.05) is 30.7 Å². The van der Waals surface area contributed by atoms with Crippen LogP contribution in [0.15, 0.2) is 18.2 Å². The summed E-state index contributed by atoms with van der Waals surface area (Å²) in [6, 6.07) is 5.14. The maximum atomic E-state index is 11.8. The highest BCUT2D eigenvalue weighted by atomic mass is 35.5. The minimum Gasteiger partial charge on any atom is -0.481 e. The van der Waals surface area contributed by atoms with E-state index in [1.165, 1.54) is 6.92 Å². The number of benzene rings is 1. The summed E-state index contributed by atoms with van der Waals surface area (Å²) in [7, 11) is 0. The lowest BCUT2D eigenvalue weighted by Gasteiger charge is -2.10. The molecular formula is C12H14ClNO3. The molecule has 0 saturated carbocycles. The molecule has 0 spiro atoms. The normalized spacial score (nSPS) is 11.9. The molecule has 0 saturated heterocycles. The fourth-order valence-electron chi connectivity index (χ4n) is 1.25. The zero-order valence-corrected chi connectivity index (χ0v) is 10.4. The second-order valence-corrected chi connectivity index (χ2v) is 4.26. The quantitative estimate of drug-likeness (QED) is 0.866. The molecule has 0 aliphatic carbocycles. The number of aliphatic carboxylic acids is 1. The van der Waals surface area contributed by atoms with Gasteiger partial charge in [0.15, 0.2) is 0 Å². The molecule has 0 aliphatic heterocycles. The van der Waals surface area contributed by atoms with Crippen LogP contribution in [0.5, 0.6) is 0 Å². The molecule has 1 aromatic carbocycles. The van der Waals surface area contributed by atoms with Gasteiger partial charge in [-0.3, -0.25) is 9.59 Å². The molecule has 0 aromatic heterocycles. The molecule has 2 N–H and O–H groups in total. The lowest BCUT2D eigenvalue weighted by atomic mass is 10.1. The van der Waals surface area contributed by atoms with Crippen molar-refractivity contribution in [3.63, 3.8) is 0 Å². The fourth-order valence-corrected chi connectivity index (χ4v) is 1.46. The second kappa shape index (κ2) is 5.68. The molecule has 0 radical (unpaired) electrons. The van der Waals surface area contributed by atoms with E-state index >= 15 is 0 Å². The van der Waals surface area contributed by atoms with Crippen molar-refractivity contribution in [1.82, 2.24) is 5.32 Å². The van der Waals surface area contributed by atoms with E-state index in [-0.39, 0.29) is 12.5 Å². The highest BCUT2D eigenvalue weighted by molar-refractivity contribution is 6.34. The van der Waals surface area contributed by atoms with Crippen LogP contribution in [-0.2, 0) is 4.79 Å². The number of carbonyl (C=O) groups excluding carboxylic acids is 1. The predicted octanol–water partition coefficient (Wildman–Crippen LogP) is 2.10. The van der Waals surface area contributed by atoms with Crippen molar-refractivity contribution >= 4 is 23.5 Å². The summed E-state index contributed by atoms with van der Waals surface area (Å²) < 4.78 is 0.